The maximum absolute atomic E-state index is 9.00. The average molecular weight is 155 g/mol. The van der Waals surface area contributed by atoms with Gasteiger partial charge in [-0.1, -0.05) is 6.08 Å². The lowest BCUT2D eigenvalue weighted by molar-refractivity contribution is 0.142. The van der Waals surface area contributed by atoms with E-state index in [0.717, 1.165) is 13.0 Å². The fourth-order valence-corrected chi connectivity index (χ4v) is 1.73. The van der Waals surface area contributed by atoms with Crippen LogP contribution < -0.4 is 0 Å². The van der Waals surface area contributed by atoms with Crippen molar-refractivity contribution < 1.29 is 5.11 Å². The molecule has 2 atom stereocenters. The first-order chi connectivity index (χ1) is 5.29. The Morgan fingerprint density at radius 1 is 1.82 bits per heavy atom. The Morgan fingerprint density at radius 2 is 2.55 bits per heavy atom. The largest absolute Gasteiger partial charge is 0.395 e. The normalized spacial score (nSPS) is 28.7. The first-order valence-electron chi connectivity index (χ1n) is 4.28. The van der Waals surface area contributed by atoms with Gasteiger partial charge in [0.25, 0.3) is 0 Å². The summed E-state index contributed by atoms with van der Waals surface area (Å²) in [6.45, 7) is 7.28. The summed E-state index contributed by atoms with van der Waals surface area (Å²) in [6.07, 6.45) is 4.28. The summed E-state index contributed by atoms with van der Waals surface area (Å²) in [7, 11) is 0. The molecule has 1 rings (SSSR count). The van der Waals surface area contributed by atoms with E-state index < -0.39 is 0 Å². The van der Waals surface area contributed by atoms with E-state index in [1.54, 1.807) is 0 Å². The number of aliphatic hydroxyl groups excluding tert-OH is 1. The third kappa shape index (κ3) is 1.82. The molecule has 0 aromatic carbocycles. The summed E-state index contributed by atoms with van der Waals surface area (Å²) >= 11 is 0. The third-order valence-electron chi connectivity index (χ3n) is 2.50. The summed E-state index contributed by atoms with van der Waals surface area (Å²) < 4.78 is 0. The van der Waals surface area contributed by atoms with Gasteiger partial charge in [-0.2, -0.15) is 0 Å². The van der Waals surface area contributed by atoms with Crippen LogP contribution >= 0.6 is 0 Å². The van der Waals surface area contributed by atoms with Gasteiger partial charge in [0.05, 0.1) is 6.61 Å². The zero-order valence-electron chi connectivity index (χ0n) is 7.16. The lowest BCUT2D eigenvalue weighted by Gasteiger charge is -2.26. The molecule has 1 N–H and O–H groups in total. The van der Waals surface area contributed by atoms with E-state index in [-0.39, 0.29) is 6.61 Å². The topological polar surface area (TPSA) is 23.5 Å². The van der Waals surface area contributed by atoms with Gasteiger partial charge in [-0.3, -0.25) is 4.90 Å². The molecule has 0 saturated carbocycles. The summed E-state index contributed by atoms with van der Waals surface area (Å²) in [6, 6.07) is 0.789. The lowest BCUT2D eigenvalue weighted by atomic mass is 10.2. The first kappa shape index (κ1) is 8.75. The Balaban J connectivity index is 2.48. The minimum atomic E-state index is 0.290. The molecule has 1 saturated heterocycles. The van der Waals surface area contributed by atoms with Gasteiger partial charge in [0.1, 0.15) is 0 Å². The first-order valence-corrected chi connectivity index (χ1v) is 4.28. The van der Waals surface area contributed by atoms with Crippen LogP contribution in [0.15, 0.2) is 12.7 Å². The lowest BCUT2D eigenvalue weighted by Crippen LogP contribution is -2.38. The van der Waals surface area contributed by atoms with Crippen molar-refractivity contribution in [3.05, 3.63) is 12.7 Å². The maximum atomic E-state index is 9.00. The van der Waals surface area contributed by atoms with Crippen molar-refractivity contribution in [2.45, 2.75) is 31.8 Å². The van der Waals surface area contributed by atoms with Crippen LogP contribution in [0.25, 0.3) is 0 Å². The monoisotopic (exact) mass is 155 g/mol. The molecule has 2 nitrogen and oxygen atoms in total. The summed E-state index contributed by atoms with van der Waals surface area (Å²) in [4.78, 5) is 2.31. The van der Waals surface area contributed by atoms with Gasteiger partial charge >= 0.3 is 0 Å². The second-order valence-corrected chi connectivity index (χ2v) is 3.19. The second kappa shape index (κ2) is 3.88. The number of rotatable bonds is 3. The molecule has 1 aliphatic rings. The fourth-order valence-electron chi connectivity index (χ4n) is 1.73. The van der Waals surface area contributed by atoms with E-state index in [4.69, 9.17) is 5.11 Å². The number of hydrogen-bond donors (Lipinski definition) is 1. The van der Waals surface area contributed by atoms with Crippen LogP contribution in [0.3, 0.4) is 0 Å². The maximum Gasteiger partial charge on any atom is 0.0587 e. The van der Waals surface area contributed by atoms with Crippen molar-refractivity contribution in [3.63, 3.8) is 0 Å². The summed E-state index contributed by atoms with van der Waals surface area (Å²) in [5, 5.41) is 9.00. The molecule has 0 amide bonds. The Labute approximate surface area is 68.5 Å². The standard InChI is InChI=1S/C9H17NO/c1-3-8(2)10-6-4-5-9(10)7-11/h3,8-9,11H,1,4-7H2,2H3. The minimum Gasteiger partial charge on any atom is -0.395 e. The molecule has 0 aromatic heterocycles. The van der Waals surface area contributed by atoms with Crippen LogP contribution in [0.4, 0.5) is 0 Å². The highest BCUT2D eigenvalue weighted by Crippen LogP contribution is 2.19. The SMILES string of the molecule is C=CC(C)N1CCCC1CO. The Bertz CT molecular complexity index is 136. The molecular weight excluding hydrogens is 138 g/mol. The van der Waals surface area contributed by atoms with Crippen LogP contribution in [-0.2, 0) is 0 Å². The van der Waals surface area contributed by atoms with Crippen molar-refractivity contribution >= 4 is 0 Å². The predicted octanol–water partition coefficient (Wildman–Crippen LogP) is 1.02. The van der Waals surface area contributed by atoms with E-state index in [9.17, 15) is 0 Å². The molecule has 1 fully saturated rings. The van der Waals surface area contributed by atoms with Crippen molar-refractivity contribution in [1.29, 1.82) is 0 Å². The van der Waals surface area contributed by atoms with Gasteiger partial charge in [-0.05, 0) is 26.3 Å². The van der Waals surface area contributed by atoms with Gasteiger partial charge in [0, 0.05) is 12.1 Å². The summed E-state index contributed by atoms with van der Waals surface area (Å²) in [5.41, 5.74) is 0. The van der Waals surface area contributed by atoms with Crippen LogP contribution in [0, 0.1) is 0 Å². The molecule has 0 aliphatic carbocycles. The fraction of sp³-hybridized carbons (Fsp3) is 0.778. The number of likely N-dealkylation sites (tertiary alicyclic amines) is 1. The Hall–Kier alpha value is -0.340. The van der Waals surface area contributed by atoms with Gasteiger partial charge in [-0.15, -0.1) is 6.58 Å². The van der Waals surface area contributed by atoms with Crippen LogP contribution in [0.5, 0.6) is 0 Å². The molecule has 0 radical (unpaired) electrons. The smallest absolute Gasteiger partial charge is 0.0587 e. The highest BCUT2D eigenvalue weighted by atomic mass is 16.3. The zero-order chi connectivity index (χ0) is 8.27. The molecule has 0 spiro atoms. The predicted molar refractivity (Wildman–Crippen MR) is 46.5 cm³/mol. The molecule has 0 bridgehead atoms. The molecule has 64 valence electrons. The molecule has 2 unspecified atom stereocenters. The third-order valence-corrected chi connectivity index (χ3v) is 2.50. The van der Waals surface area contributed by atoms with E-state index in [2.05, 4.69) is 18.4 Å². The van der Waals surface area contributed by atoms with Crippen LogP contribution in [0.2, 0.25) is 0 Å². The molecule has 1 aliphatic heterocycles. The molecule has 0 aromatic rings. The van der Waals surface area contributed by atoms with Gasteiger partial charge in [0.15, 0.2) is 0 Å². The van der Waals surface area contributed by atoms with Gasteiger partial charge in [0.2, 0.25) is 0 Å². The average Bonchev–Trinajstić information content (AvgIpc) is 2.50. The van der Waals surface area contributed by atoms with E-state index >= 15 is 0 Å². The second-order valence-electron chi connectivity index (χ2n) is 3.19. The van der Waals surface area contributed by atoms with E-state index in [1.165, 1.54) is 6.42 Å². The molecular formula is C9H17NO. The number of aliphatic hydroxyl groups is 1. The van der Waals surface area contributed by atoms with Gasteiger partial charge < -0.3 is 5.11 Å². The molecule has 11 heavy (non-hydrogen) atoms. The van der Waals surface area contributed by atoms with Gasteiger partial charge in [-0.25, -0.2) is 0 Å². The van der Waals surface area contributed by atoms with Crippen LogP contribution in [0.1, 0.15) is 19.8 Å². The van der Waals surface area contributed by atoms with Crippen LogP contribution in [-0.4, -0.2) is 35.2 Å². The Kier molecular flexibility index (Phi) is 3.09. The van der Waals surface area contributed by atoms with E-state index in [1.807, 2.05) is 6.08 Å². The highest BCUT2D eigenvalue weighted by molar-refractivity contribution is 4.90. The molecule has 2 heteroatoms. The molecule has 1 heterocycles. The Morgan fingerprint density at radius 3 is 3.09 bits per heavy atom. The zero-order valence-corrected chi connectivity index (χ0v) is 7.16. The van der Waals surface area contributed by atoms with Crippen molar-refractivity contribution in [2.75, 3.05) is 13.2 Å². The quantitative estimate of drug-likeness (QED) is 0.615. The van der Waals surface area contributed by atoms with Crippen molar-refractivity contribution in [3.8, 4) is 0 Å². The van der Waals surface area contributed by atoms with E-state index in [0.29, 0.717) is 12.1 Å². The van der Waals surface area contributed by atoms with Crippen molar-refractivity contribution in [1.82, 2.24) is 4.90 Å². The summed E-state index contributed by atoms with van der Waals surface area (Å²) in [5.74, 6) is 0. The number of hydrogen-bond acceptors (Lipinski definition) is 2. The minimum absolute atomic E-state index is 0.290. The van der Waals surface area contributed by atoms with Crippen molar-refractivity contribution in [2.24, 2.45) is 0 Å². The highest BCUT2D eigenvalue weighted by Gasteiger charge is 2.25. The number of nitrogens with zero attached hydrogens (tertiary/aromatic N) is 1.